The molecule has 0 aliphatic carbocycles. The smallest absolute Gasteiger partial charge is 0.159 e. The second-order valence-corrected chi connectivity index (χ2v) is 20.6. The van der Waals surface area contributed by atoms with E-state index in [9.17, 15) is 0 Å². The van der Waals surface area contributed by atoms with Crippen LogP contribution in [0.5, 0.6) is 0 Å². The van der Waals surface area contributed by atoms with Crippen LogP contribution < -0.4 is 0 Å². The first-order valence-electron chi connectivity index (χ1n) is 3.50. The van der Waals surface area contributed by atoms with Gasteiger partial charge in [0.2, 0.25) is 0 Å². The molecule has 0 spiro atoms. The van der Waals surface area contributed by atoms with Crippen molar-refractivity contribution in [1.82, 2.24) is 12.4 Å². The first kappa shape index (κ1) is 11.0. The van der Waals surface area contributed by atoms with Gasteiger partial charge in [0.1, 0.15) is 9.84 Å². The molecule has 0 aliphatic heterocycles. The fourth-order valence-electron chi connectivity index (χ4n) is 1.01. The molecule has 0 saturated carbocycles. The molecule has 0 rings (SSSR count). The monoisotopic (exact) mass is 225 g/mol. The molecule has 8 heteroatoms. The minimum Gasteiger partial charge on any atom is -0.377 e. The minimum atomic E-state index is 0.0206. The summed E-state index contributed by atoms with van der Waals surface area (Å²) in [5.74, 6) is 0. The molecule has 10 heavy (non-hydrogen) atoms. The second kappa shape index (κ2) is 5.59. The maximum atomic E-state index is 2.74. The summed E-state index contributed by atoms with van der Waals surface area (Å²) in [6.07, 6.45) is 0. The van der Waals surface area contributed by atoms with Gasteiger partial charge in [0.05, 0.1) is 31.2 Å². The summed E-state index contributed by atoms with van der Waals surface area (Å²) in [7, 11) is 8.45. The molecule has 0 radical (unpaired) electrons. The Morgan fingerprint density at radius 3 is 1.80 bits per heavy atom. The molecule has 0 saturated heterocycles. The van der Waals surface area contributed by atoms with E-state index in [4.69, 9.17) is 0 Å². The zero-order chi connectivity index (χ0) is 8.15. The van der Waals surface area contributed by atoms with Gasteiger partial charge in [-0.25, -0.2) is 0 Å². The van der Waals surface area contributed by atoms with Crippen LogP contribution >= 0.6 is 0 Å². The van der Waals surface area contributed by atoms with Gasteiger partial charge in [-0.1, -0.05) is 0 Å². The van der Waals surface area contributed by atoms with Gasteiger partial charge in [0, 0.05) is 0 Å². The van der Waals surface area contributed by atoms with Crippen LogP contribution in [0.1, 0.15) is 0 Å². The van der Waals surface area contributed by atoms with Gasteiger partial charge in [0.15, 0.2) is 9.84 Å². The van der Waals surface area contributed by atoms with Gasteiger partial charge in [-0.05, 0) is 14.1 Å². The lowest BCUT2D eigenvalue weighted by molar-refractivity contribution is 0.633. The van der Waals surface area contributed by atoms with Crippen LogP contribution in [-0.4, -0.2) is 77.4 Å². The Hall–Kier alpha value is 0.964. The number of hydrogen-bond acceptors (Lipinski definition) is 3. The van der Waals surface area contributed by atoms with Crippen molar-refractivity contribution in [1.29, 1.82) is 0 Å². The molecule has 0 heterocycles. The van der Waals surface area contributed by atoms with Crippen LogP contribution in [0.15, 0.2) is 0 Å². The highest BCUT2D eigenvalue weighted by molar-refractivity contribution is 6.63. The van der Waals surface area contributed by atoms with Gasteiger partial charge in [-0.3, -0.25) is 0 Å². The molecular weight excluding hydrogens is 206 g/mol. The Bertz CT molecular complexity index is 77.0. The van der Waals surface area contributed by atoms with Crippen molar-refractivity contribution >= 4 is 50.9 Å². The highest BCUT2D eigenvalue weighted by Crippen LogP contribution is 1.77. The van der Waals surface area contributed by atoms with Gasteiger partial charge < -0.3 is 12.4 Å². The average Bonchev–Trinajstić information content (AvgIpc) is 1.58. The van der Waals surface area contributed by atoms with Gasteiger partial charge >= 0.3 is 0 Å². The fraction of sp³-hybridized carbons (Fsp3) is 1.00. The topological polar surface area (TPSA) is 9.72 Å². The third kappa shape index (κ3) is 7.08. The predicted octanol–water partition coefficient (Wildman–Crippen LogP) is -6.01. The lowest BCUT2D eigenvalue weighted by Gasteiger charge is -2.24. The highest BCUT2D eigenvalue weighted by atomic mass is 28.4. The lowest BCUT2D eigenvalue weighted by atomic mass is 11.3. The van der Waals surface area contributed by atoms with Crippen molar-refractivity contribution in [3.63, 3.8) is 0 Å². The number of hydrogen-bond donors (Lipinski definition) is 0. The summed E-state index contributed by atoms with van der Waals surface area (Å²) in [4.78, 5) is 0. The van der Waals surface area contributed by atoms with E-state index in [1.54, 1.807) is 0 Å². The number of nitrogens with zero attached hydrogens (tertiary/aromatic N) is 3. The molecule has 0 unspecified atom stereocenters. The molecule has 3 nitrogen and oxygen atoms in total. The van der Waals surface area contributed by atoms with Gasteiger partial charge in [0.25, 0.3) is 0 Å². The SMILES string of the molecule is CN(C)[SiH2]N([SiH3])[SiH2]N([SiH3])[SiH3]. The summed E-state index contributed by atoms with van der Waals surface area (Å²) in [6.45, 7) is 0. The first-order valence-corrected chi connectivity index (χ1v) is 8.71. The first-order chi connectivity index (χ1) is 4.52. The van der Waals surface area contributed by atoms with Crippen molar-refractivity contribution in [3.8, 4) is 0 Å². The van der Waals surface area contributed by atoms with Crippen molar-refractivity contribution in [2.45, 2.75) is 0 Å². The van der Waals surface area contributed by atoms with Crippen molar-refractivity contribution in [2.24, 2.45) is 0 Å². The molecule has 0 N–H and O–H groups in total. The molecule has 0 aliphatic rings. The Morgan fingerprint density at radius 1 is 1.00 bits per heavy atom. The van der Waals surface area contributed by atoms with E-state index in [0.29, 0.717) is 0 Å². The third-order valence-corrected chi connectivity index (χ3v) is 7.74. The maximum Gasteiger partial charge on any atom is 0.159 e. The van der Waals surface area contributed by atoms with Crippen LogP contribution in [-0.2, 0) is 0 Å². The van der Waals surface area contributed by atoms with E-state index >= 15 is 0 Å². The minimum absolute atomic E-state index is 0.0206. The molecule has 0 aromatic carbocycles. The molecule has 0 atom stereocenters. The van der Waals surface area contributed by atoms with E-state index in [0.717, 1.165) is 0 Å². The zero-order valence-electron chi connectivity index (χ0n) is 7.76. The second-order valence-electron chi connectivity index (χ2n) is 3.30. The highest BCUT2D eigenvalue weighted by Gasteiger charge is 2.00. The molecule has 0 amide bonds. The molecule has 0 aromatic heterocycles. The van der Waals surface area contributed by atoms with Crippen LogP contribution in [0.25, 0.3) is 0 Å². The number of rotatable bonds is 4. The maximum absolute atomic E-state index is 2.74. The van der Waals surface area contributed by atoms with Crippen LogP contribution in [0.2, 0.25) is 0 Å². The van der Waals surface area contributed by atoms with Gasteiger partial charge in [-0.2, -0.15) is 0 Å². The van der Waals surface area contributed by atoms with E-state index in [-0.39, 0.29) is 19.7 Å². The summed E-state index contributed by atoms with van der Waals surface area (Å²) in [5, 5.41) is 0. The van der Waals surface area contributed by atoms with Crippen molar-refractivity contribution in [3.05, 3.63) is 0 Å². The predicted molar refractivity (Wildman–Crippen MR) is 64.3 cm³/mol. The lowest BCUT2D eigenvalue weighted by Crippen LogP contribution is -2.44. The molecule has 0 aromatic rings. The standard InChI is InChI=1S/C2H19N3Si5/c1-3(2)9-5(8)10-4(6)7/h9-10H2,1-2,6-8H3. The quantitative estimate of drug-likeness (QED) is 0.441. The van der Waals surface area contributed by atoms with E-state index in [1.807, 2.05) is 0 Å². The fourth-order valence-corrected chi connectivity index (χ4v) is 17.8. The van der Waals surface area contributed by atoms with Crippen LogP contribution in [0.3, 0.4) is 0 Å². The molecular formula is C2H19N3Si5. The summed E-state index contributed by atoms with van der Waals surface area (Å²) < 4.78 is 7.77. The average molecular weight is 226 g/mol. The Balaban J connectivity index is 3.34. The van der Waals surface area contributed by atoms with Gasteiger partial charge in [-0.15, -0.1) is 0 Å². The Labute approximate surface area is 77.6 Å². The van der Waals surface area contributed by atoms with Crippen LogP contribution in [0.4, 0.5) is 0 Å². The normalized spacial score (nSPS) is 15.3. The van der Waals surface area contributed by atoms with Crippen LogP contribution in [0, 0.1) is 0 Å². The van der Waals surface area contributed by atoms with Crippen molar-refractivity contribution < 1.29 is 0 Å². The van der Waals surface area contributed by atoms with E-state index in [2.05, 4.69) is 26.5 Å². The largest absolute Gasteiger partial charge is 0.377 e. The molecule has 0 bridgehead atoms. The van der Waals surface area contributed by atoms with Crippen molar-refractivity contribution in [2.75, 3.05) is 14.1 Å². The Morgan fingerprint density at radius 2 is 1.50 bits per heavy atom. The molecule has 62 valence electrons. The van der Waals surface area contributed by atoms with E-state index < -0.39 is 0 Å². The summed E-state index contributed by atoms with van der Waals surface area (Å²) >= 11 is 0. The van der Waals surface area contributed by atoms with E-state index in [1.165, 1.54) is 31.2 Å². The zero-order valence-corrected chi connectivity index (χ0v) is 16.6. The summed E-state index contributed by atoms with van der Waals surface area (Å²) in [5.41, 5.74) is 0. The third-order valence-electron chi connectivity index (χ3n) is 1.05. The Kier molecular flexibility index (Phi) is 6.13. The molecule has 0 fully saturated rings. The summed E-state index contributed by atoms with van der Waals surface area (Å²) in [6, 6.07) is 0.